The zero-order chi connectivity index (χ0) is 19.0. The van der Waals surface area contributed by atoms with E-state index in [1.54, 1.807) is 0 Å². The van der Waals surface area contributed by atoms with Crippen LogP contribution in [0.15, 0.2) is 29.4 Å². The van der Waals surface area contributed by atoms with E-state index in [1.165, 1.54) is 22.0 Å². The largest absolute Gasteiger partial charge is 0.377 e. The molecule has 154 valence electrons. The Labute approximate surface area is 185 Å². The molecule has 4 rings (SSSR count). The molecule has 3 unspecified atom stereocenters. The van der Waals surface area contributed by atoms with Crippen molar-refractivity contribution in [2.45, 2.75) is 52.7 Å². The smallest absolute Gasteiger partial charge is 0.191 e. The second kappa shape index (κ2) is 8.61. The second-order valence-corrected chi connectivity index (χ2v) is 8.51. The fraction of sp³-hybridized carbons (Fsp3) is 0.591. The molecule has 2 aromatic rings. The molecule has 1 aromatic carbocycles. The Morgan fingerprint density at radius 2 is 2.18 bits per heavy atom. The van der Waals surface area contributed by atoms with Crippen molar-refractivity contribution < 1.29 is 4.74 Å². The number of halogens is 1. The fourth-order valence-corrected chi connectivity index (χ4v) is 5.02. The number of aromatic nitrogens is 1. The molecule has 6 heteroatoms. The maximum Gasteiger partial charge on any atom is 0.191 e. The highest BCUT2D eigenvalue weighted by atomic mass is 127. The van der Waals surface area contributed by atoms with E-state index in [0.29, 0.717) is 18.1 Å². The van der Waals surface area contributed by atoms with Gasteiger partial charge < -0.3 is 20.4 Å². The molecule has 28 heavy (non-hydrogen) atoms. The Bertz CT molecular complexity index is 844. The SMILES string of the molecule is CCNC(=NCCc1c[nH]c2cccc(C)c12)NC1C2CCOC2C1(C)C.I. The normalized spacial score (nSPS) is 25.7. The van der Waals surface area contributed by atoms with E-state index in [-0.39, 0.29) is 29.4 Å². The van der Waals surface area contributed by atoms with Crippen LogP contribution in [0.5, 0.6) is 0 Å². The number of benzene rings is 1. The number of aryl methyl sites for hydroxylation is 1. The van der Waals surface area contributed by atoms with E-state index < -0.39 is 0 Å². The monoisotopic (exact) mass is 496 g/mol. The number of nitrogens with zero attached hydrogens (tertiary/aromatic N) is 1. The summed E-state index contributed by atoms with van der Waals surface area (Å²) in [5.41, 5.74) is 4.03. The topological polar surface area (TPSA) is 61.4 Å². The lowest BCUT2D eigenvalue weighted by Crippen LogP contribution is -2.68. The molecule has 2 fully saturated rings. The highest BCUT2D eigenvalue weighted by molar-refractivity contribution is 14.0. The van der Waals surface area contributed by atoms with Gasteiger partial charge in [-0.2, -0.15) is 0 Å². The van der Waals surface area contributed by atoms with Gasteiger partial charge in [-0.05, 0) is 43.9 Å². The molecule has 0 spiro atoms. The highest BCUT2D eigenvalue weighted by Gasteiger charge is 2.59. The molecule has 1 aliphatic heterocycles. The zero-order valence-corrected chi connectivity index (χ0v) is 19.7. The van der Waals surface area contributed by atoms with Gasteiger partial charge in [0.25, 0.3) is 0 Å². The van der Waals surface area contributed by atoms with Crippen molar-refractivity contribution in [3.05, 3.63) is 35.5 Å². The zero-order valence-electron chi connectivity index (χ0n) is 17.3. The number of hydrogen-bond acceptors (Lipinski definition) is 2. The Morgan fingerprint density at radius 1 is 1.36 bits per heavy atom. The summed E-state index contributed by atoms with van der Waals surface area (Å²) in [7, 11) is 0. The molecule has 3 atom stereocenters. The van der Waals surface area contributed by atoms with Crippen molar-refractivity contribution in [2.75, 3.05) is 19.7 Å². The first-order valence-corrected chi connectivity index (χ1v) is 10.2. The van der Waals surface area contributed by atoms with Gasteiger partial charge in [-0.25, -0.2) is 0 Å². The lowest BCUT2D eigenvalue weighted by Gasteiger charge is -2.54. The predicted molar refractivity (Wildman–Crippen MR) is 127 cm³/mol. The number of hydrogen-bond donors (Lipinski definition) is 3. The molecule has 1 saturated heterocycles. The standard InChI is InChI=1S/C22H32N4O.HI/c1-5-23-21(26-19-16-10-12-27-20(16)22(19,3)4)24-11-9-15-13-25-17-8-6-7-14(2)18(15)17;/h6-8,13,16,19-20,25H,5,9-12H2,1-4H3,(H2,23,24,26);1H. The number of aromatic amines is 1. The van der Waals surface area contributed by atoms with E-state index in [4.69, 9.17) is 9.73 Å². The number of guanidine groups is 1. The first-order chi connectivity index (χ1) is 13.0. The number of aliphatic imine (C=N–C) groups is 1. The summed E-state index contributed by atoms with van der Waals surface area (Å²) in [6.45, 7) is 11.4. The minimum Gasteiger partial charge on any atom is -0.377 e. The molecule has 1 aromatic heterocycles. The summed E-state index contributed by atoms with van der Waals surface area (Å²) in [6, 6.07) is 6.84. The first-order valence-electron chi connectivity index (χ1n) is 10.2. The Balaban J connectivity index is 0.00000225. The van der Waals surface area contributed by atoms with Gasteiger partial charge in [-0.15, -0.1) is 24.0 Å². The van der Waals surface area contributed by atoms with Gasteiger partial charge in [0.2, 0.25) is 0 Å². The molecule has 3 N–H and O–H groups in total. The van der Waals surface area contributed by atoms with Gasteiger partial charge in [-0.3, -0.25) is 4.99 Å². The van der Waals surface area contributed by atoms with Crippen LogP contribution in [0.2, 0.25) is 0 Å². The Morgan fingerprint density at radius 3 is 2.96 bits per heavy atom. The van der Waals surface area contributed by atoms with Crippen molar-refractivity contribution in [3.8, 4) is 0 Å². The molecule has 0 bridgehead atoms. The van der Waals surface area contributed by atoms with Crippen LogP contribution in [-0.2, 0) is 11.2 Å². The van der Waals surface area contributed by atoms with Gasteiger partial charge >= 0.3 is 0 Å². The maximum absolute atomic E-state index is 5.92. The lowest BCUT2D eigenvalue weighted by atomic mass is 9.57. The molecule has 2 aliphatic rings. The third-order valence-corrected chi connectivity index (χ3v) is 6.38. The van der Waals surface area contributed by atoms with E-state index in [2.05, 4.69) is 67.7 Å². The van der Waals surface area contributed by atoms with Crippen LogP contribution in [0.4, 0.5) is 0 Å². The second-order valence-electron chi connectivity index (χ2n) is 8.51. The van der Waals surface area contributed by atoms with Crippen molar-refractivity contribution in [1.29, 1.82) is 0 Å². The van der Waals surface area contributed by atoms with Gasteiger partial charge in [0, 0.05) is 54.2 Å². The van der Waals surface area contributed by atoms with E-state index in [9.17, 15) is 0 Å². The van der Waals surface area contributed by atoms with Crippen LogP contribution in [0.25, 0.3) is 10.9 Å². The molecule has 5 nitrogen and oxygen atoms in total. The van der Waals surface area contributed by atoms with E-state index >= 15 is 0 Å². The summed E-state index contributed by atoms with van der Waals surface area (Å²) < 4.78 is 5.92. The van der Waals surface area contributed by atoms with Crippen LogP contribution >= 0.6 is 24.0 Å². The average molecular weight is 496 g/mol. The van der Waals surface area contributed by atoms with Crippen molar-refractivity contribution in [1.82, 2.24) is 15.6 Å². The summed E-state index contributed by atoms with van der Waals surface area (Å²) >= 11 is 0. The summed E-state index contributed by atoms with van der Waals surface area (Å²) in [6.07, 6.45) is 4.61. The molecular formula is C22H33IN4O. The van der Waals surface area contributed by atoms with Crippen LogP contribution < -0.4 is 10.6 Å². The van der Waals surface area contributed by atoms with Crippen molar-refractivity contribution >= 4 is 40.8 Å². The molecule has 1 saturated carbocycles. The third kappa shape index (κ3) is 3.77. The van der Waals surface area contributed by atoms with Gasteiger partial charge in [0.15, 0.2) is 5.96 Å². The minimum atomic E-state index is 0. The van der Waals surface area contributed by atoms with Crippen molar-refractivity contribution in [2.24, 2.45) is 16.3 Å². The summed E-state index contributed by atoms with van der Waals surface area (Å²) in [4.78, 5) is 8.25. The van der Waals surface area contributed by atoms with Gasteiger partial charge in [-0.1, -0.05) is 26.0 Å². The first kappa shape index (κ1) is 21.4. The quantitative estimate of drug-likeness (QED) is 0.333. The van der Waals surface area contributed by atoms with Crippen LogP contribution in [0.3, 0.4) is 0 Å². The van der Waals surface area contributed by atoms with Crippen LogP contribution in [0, 0.1) is 18.3 Å². The average Bonchev–Trinajstić information content (AvgIpc) is 3.26. The van der Waals surface area contributed by atoms with Gasteiger partial charge in [0.05, 0.1) is 6.10 Å². The third-order valence-electron chi connectivity index (χ3n) is 6.38. The van der Waals surface area contributed by atoms with Crippen LogP contribution in [0.1, 0.15) is 38.3 Å². The fourth-order valence-electron chi connectivity index (χ4n) is 5.02. The van der Waals surface area contributed by atoms with Crippen molar-refractivity contribution in [3.63, 3.8) is 0 Å². The van der Waals surface area contributed by atoms with E-state index in [0.717, 1.165) is 38.5 Å². The number of rotatable bonds is 5. The summed E-state index contributed by atoms with van der Waals surface area (Å²) in [5.74, 6) is 1.54. The molecule has 1 aliphatic carbocycles. The van der Waals surface area contributed by atoms with Crippen LogP contribution in [-0.4, -0.2) is 42.8 Å². The minimum absolute atomic E-state index is 0. The molecule has 2 heterocycles. The summed E-state index contributed by atoms with van der Waals surface area (Å²) in [5, 5.41) is 8.46. The molecule has 0 amide bonds. The van der Waals surface area contributed by atoms with E-state index in [1.807, 2.05) is 0 Å². The Hall–Kier alpha value is -1.28. The molecular weight excluding hydrogens is 463 g/mol. The van der Waals surface area contributed by atoms with Gasteiger partial charge in [0.1, 0.15) is 0 Å². The number of fused-ring (bicyclic) bond motifs is 2. The lowest BCUT2D eigenvalue weighted by molar-refractivity contribution is -0.106. The Kier molecular flexibility index (Phi) is 6.59. The highest BCUT2D eigenvalue weighted by Crippen LogP contribution is 2.52. The number of H-pyrrole nitrogens is 1. The number of ether oxygens (including phenoxy) is 1. The number of nitrogens with one attached hydrogen (secondary N) is 3. The maximum atomic E-state index is 5.92. The molecule has 0 radical (unpaired) electrons. The predicted octanol–water partition coefficient (Wildman–Crippen LogP) is 4.01.